The fourth-order valence-electron chi connectivity index (χ4n) is 4.49. The summed E-state index contributed by atoms with van der Waals surface area (Å²) in [5, 5.41) is 10.1. The quantitative estimate of drug-likeness (QED) is 0.829. The van der Waals surface area contributed by atoms with Gasteiger partial charge in [-0.2, -0.15) is 5.10 Å². The maximum absolute atomic E-state index is 13.2. The van der Waals surface area contributed by atoms with E-state index in [1.165, 1.54) is 37.6 Å². The Bertz CT molecular complexity index is 793. The number of morpholine rings is 1. The second-order valence-electron chi connectivity index (χ2n) is 7.73. The summed E-state index contributed by atoms with van der Waals surface area (Å²) in [7, 11) is 0. The molecule has 2 heterocycles. The van der Waals surface area contributed by atoms with E-state index in [2.05, 4.69) is 20.4 Å². The first-order valence-electron chi connectivity index (χ1n) is 10.1. The summed E-state index contributed by atoms with van der Waals surface area (Å²) in [6.07, 6.45) is 7.39. The lowest BCUT2D eigenvalue weighted by molar-refractivity contribution is -0.0361. The first kappa shape index (κ1) is 19.1. The highest BCUT2D eigenvalue weighted by molar-refractivity contribution is 5.99. The summed E-state index contributed by atoms with van der Waals surface area (Å²) < 4.78 is 18.7. The van der Waals surface area contributed by atoms with Crippen molar-refractivity contribution in [2.75, 3.05) is 32.8 Å². The highest BCUT2D eigenvalue weighted by atomic mass is 19.1. The van der Waals surface area contributed by atoms with E-state index in [1.807, 2.05) is 0 Å². The van der Waals surface area contributed by atoms with Crippen molar-refractivity contribution in [1.29, 1.82) is 0 Å². The number of nitrogens with zero attached hydrogens (tertiary/aromatic N) is 2. The number of rotatable bonds is 5. The summed E-state index contributed by atoms with van der Waals surface area (Å²) in [5.74, 6) is -0.453. The molecular weight excluding hydrogens is 359 g/mol. The Morgan fingerprint density at radius 2 is 1.89 bits per heavy atom. The van der Waals surface area contributed by atoms with Gasteiger partial charge < -0.3 is 10.1 Å². The molecule has 28 heavy (non-hydrogen) atoms. The highest BCUT2D eigenvalue weighted by Gasteiger charge is 2.39. The molecule has 2 fully saturated rings. The van der Waals surface area contributed by atoms with Crippen molar-refractivity contribution in [2.24, 2.45) is 0 Å². The third-order valence-electron chi connectivity index (χ3n) is 6.06. The minimum Gasteiger partial charge on any atom is -0.379 e. The molecule has 1 amide bonds. The number of hydrogen-bond donors (Lipinski definition) is 2. The van der Waals surface area contributed by atoms with Gasteiger partial charge in [0, 0.05) is 30.7 Å². The maximum Gasteiger partial charge on any atom is 0.255 e. The molecule has 2 N–H and O–H groups in total. The lowest BCUT2D eigenvalue weighted by atomic mass is 9.79. The number of amides is 1. The number of carbonyl (C=O) groups is 1. The fraction of sp³-hybridized carbons (Fsp3) is 0.524. The summed E-state index contributed by atoms with van der Waals surface area (Å²) in [5.41, 5.74) is 1.85. The van der Waals surface area contributed by atoms with Gasteiger partial charge in [-0.3, -0.25) is 14.8 Å². The van der Waals surface area contributed by atoms with Crippen molar-refractivity contribution in [1.82, 2.24) is 20.4 Å². The number of hydrogen-bond acceptors (Lipinski definition) is 4. The zero-order valence-electron chi connectivity index (χ0n) is 16.0. The van der Waals surface area contributed by atoms with Crippen LogP contribution in [-0.2, 0) is 4.74 Å². The van der Waals surface area contributed by atoms with Crippen molar-refractivity contribution in [3.8, 4) is 11.3 Å². The number of ether oxygens (including phenoxy) is 1. The monoisotopic (exact) mass is 386 g/mol. The summed E-state index contributed by atoms with van der Waals surface area (Å²) >= 11 is 0. The topological polar surface area (TPSA) is 70.2 Å². The molecule has 2 aliphatic rings. The van der Waals surface area contributed by atoms with Gasteiger partial charge in [-0.25, -0.2) is 4.39 Å². The van der Waals surface area contributed by atoms with Crippen LogP contribution in [-0.4, -0.2) is 59.4 Å². The minimum absolute atomic E-state index is 0.0114. The van der Waals surface area contributed by atoms with Crippen LogP contribution in [0.25, 0.3) is 11.3 Å². The molecule has 1 aromatic heterocycles. The Morgan fingerprint density at radius 3 is 2.61 bits per heavy atom. The van der Waals surface area contributed by atoms with Gasteiger partial charge in [-0.05, 0) is 37.1 Å². The minimum atomic E-state index is -0.306. The first-order chi connectivity index (χ1) is 13.7. The molecule has 1 saturated carbocycles. The van der Waals surface area contributed by atoms with Gasteiger partial charge in [0.05, 0.1) is 30.7 Å². The number of H-pyrrole nitrogens is 1. The van der Waals surface area contributed by atoms with Crippen LogP contribution in [0, 0.1) is 5.82 Å². The fourth-order valence-corrected chi connectivity index (χ4v) is 4.49. The molecule has 4 rings (SSSR count). The normalized spacial score (nSPS) is 20.0. The third-order valence-corrected chi connectivity index (χ3v) is 6.06. The second-order valence-corrected chi connectivity index (χ2v) is 7.73. The van der Waals surface area contributed by atoms with E-state index < -0.39 is 0 Å². The molecule has 6 nitrogen and oxygen atoms in total. The van der Waals surface area contributed by atoms with Gasteiger partial charge in [0.2, 0.25) is 0 Å². The lowest BCUT2D eigenvalue weighted by Crippen LogP contribution is -2.59. The average molecular weight is 386 g/mol. The van der Waals surface area contributed by atoms with Crippen LogP contribution in [0.3, 0.4) is 0 Å². The van der Waals surface area contributed by atoms with E-state index in [0.29, 0.717) is 17.8 Å². The predicted octanol–water partition coefficient (Wildman–Crippen LogP) is 2.98. The molecule has 1 aliphatic heterocycles. The van der Waals surface area contributed by atoms with Crippen LogP contribution in [0.1, 0.15) is 42.5 Å². The molecule has 0 spiro atoms. The van der Waals surface area contributed by atoms with E-state index in [1.54, 1.807) is 12.1 Å². The zero-order valence-corrected chi connectivity index (χ0v) is 16.0. The van der Waals surface area contributed by atoms with E-state index in [4.69, 9.17) is 4.74 Å². The van der Waals surface area contributed by atoms with Crippen molar-refractivity contribution in [3.05, 3.63) is 41.8 Å². The molecule has 7 heteroatoms. The van der Waals surface area contributed by atoms with Gasteiger partial charge >= 0.3 is 0 Å². The number of carbonyl (C=O) groups excluding carboxylic acids is 1. The van der Waals surface area contributed by atoms with E-state index >= 15 is 0 Å². The van der Waals surface area contributed by atoms with Crippen molar-refractivity contribution in [2.45, 2.75) is 37.6 Å². The van der Waals surface area contributed by atoms with Crippen LogP contribution in [0.5, 0.6) is 0 Å². The Morgan fingerprint density at radius 1 is 1.18 bits per heavy atom. The van der Waals surface area contributed by atoms with Gasteiger partial charge in [0.15, 0.2) is 0 Å². The Kier molecular flexibility index (Phi) is 5.73. The first-order valence-corrected chi connectivity index (χ1v) is 10.1. The number of halogens is 1. The molecule has 0 bridgehead atoms. The molecule has 0 unspecified atom stereocenters. The van der Waals surface area contributed by atoms with Crippen molar-refractivity contribution >= 4 is 5.91 Å². The van der Waals surface area contributed by atoms with Gasteiger partial charge in [-0.15, -0.1) is 0 Å². The largest absolute Gasteiger partial charge is 0.379 e. The van der Waals surface area contributed by atoms with E-state index in [9.17, 15) is 9.18 Å². The van der Waals surface area contributed by atoms with Crippen LogP contribution in [0.2, 0.25) is 0 Å². The Labute approximate surface area is 164 Å². The van der Waals surface area contributed by atoms with Crippen LogP contribution in [0.15, 0.2) is 30.5 Å². The molecular formula is C21H27FN4O2. The average Bonchev–Trinajstić information content (AvgIpc) is 3.24. The van der Waals surface area contributed by atoms with Gasteiger partial charge in [0.25, 0.3) is 5.91 Å². The molecule has 1 saturated heterocycles. The number of aromatic amines is 1. The zero-order chi connectivity index (χ0) is 19.4. The summed E-state index contributed by atoms with van der Waals surface area (Å²) in [6, 6.07) is 6.06. The lowest BCUT2D eigenvalue weighted by Gasteiger charge is -2.48. The maximum atomic E-state index is 13.2. The van der Waals surface area contributed by atoms with Gasteiger partial charge in [0.1, 0.15) is 5.82 Å². The number of aromatic nitrogens is 2. The van der Waals surface area contributed by atoms with Crippen LogP contribution in [0.4, 0.5) is 4.39 Å². The Balaban J connectivity index is 1.48. The molecule has 0 radical (unpaired) electrons. The standard InChI is InChI=1S/C21H27FN4O2/c22-17-6-4-16(5-7-17)19-18(14-24-25-19)20(27)23-15-21(8-2-1-3-9-21)26-10-12-28-13-11-26/h4-7,14H,1-3,8-13,15H2,(H,23,27)(H,24,25). The smallest absolute Gasteiger partial charge is 0.255 e. The molecule has 2 aromatic rings. The van der Waals surface area contributed by atoms with E-state index in [-0.39, 0.29) is 17.3 Å². The molecule has 1 aliphatic carbocycles. The second kappa shape index (κ2) is 8.41. The summed E-state index contributed by atoms with van der Waals surface area (Å²) in [4.78, 5) is 15.5. The number of benzene rings is 1. The molecule has 150 valence electrons. The number of nitrogens with one attached hydrogen (secondary N) is 2. The van der Waals surface area contributed by atoms with Crippen LogP contribution < -0.4 is 5.32 Å². The van der Waals surface area contributed by atoms with Crippen molar-refractivity contribution in [3.63, 3.8) is 0 Å². The van der Waals surface area contributed by atoms with E-state index in [0.717, 1.165) is 44.7 Å². The summed E-state index contributed by atoms with van der Waals surface area (Å²) in [6.45, 7) is 3.98. The van der Waals surface area contributed by atoms with Crippen molar-refractivity contribution < 1.29 is 13.9 Å². The molecule has 0 atom stereocenters. The Hall–Kier alpha value is -2.25. The highest BCUT2D eigenvalue weighted by Crippen LogP contribution is 2.34. The molecule has 1 aromatic carbocycles. The predicted molar refractivity (Wildman–Crippen MR) is 105 cm³/mol. The third kappa shape index (κ3) is 3.95. The van der Waals surface area contributed by atoms with Gasteiger partial charge in [-0.1, -0.05) is 19.3 Å². The SMILES string of the molecule is O=C(NCC1(N2CCOCC2)CCCCC1)c1cn[nH]c1-c1ccc(F)cc1. The van der Waals surface area contributed by atoms with Crippen LogP contribution >= 0.6 is 0 Å².